The molecule has 12 heavy (non-hydrogen) atoms. The molecule has 64 valence electrons. The SMILES string of the molecule is Brc1cncnc1N1CCCC1. The topological polar surface area (TPSA) is 29.0 Å². The van der Waals surface area contributed by atoms with Crippen LogP contribution in [0.4, 0.5) is 5.82 Å². The van der Waals surface area contributed by atoms with E-state index in [9.17, 15) is 0 Å². The maximum Gasteiger partial charge on any atom is 0.146 e. The summed E-state index contributed by atoms with van der Waals surface area (Å²) in [6, 6.07) is 0. The third-order valence-electron chi connectivity index (χ3n) is 2.05. The summed E-state index contributed by atoms with van der Waals surface area (Å²) in [5.41, 5.74) is 0. The summed E-state index contributed by atoms with van der Waals surface area (Å²) in [7, 11) is 0. The van der Waals surface area contributed by atoms with Crippen molar-refractivity contribution in [1.29, 1.82) is 0 Å². The van der Waals surface area contributed by atoms with E-state index in [-0.39, 0.29) is 0 Å². The highest BCUT2D eigenvalue weighted by molar-refractivity contribution is 9.10. The first-order valence-electron chi connectivity index (χ1n) is 4.08. The fourth-order valence-corrected chi connectivity index (χ4v) is 1.94. The summed E-state index contributed by atoms with van der Waals surface area (Å²) in [6.07, 6.45) is 5.94. The summed E-state index contributed by atoms with van der Waals surface area (Å²) in [5, 5.41) is 0. The van der Waals surface area contributed by atoms with E-state index in [2.05, 4.69) is 30.8 Å². The van der Waals surface area contributed by atoms with Crippen molar-refractivity contribution < 1.29 is 0 Å². The average Bonchev–Trinajstić information content (AvgIpc) is 2.57. The molecule has 1 aromatic rings. The summed E-state index contributed by atoms with van der Waals surface area (Å²) in [6.45, 7) is 2.24. The van der Waals surface area contributed by atoms with Gasteiger partial charge in [0.05, 0.1) is 4.47 Å². The van der Waals surface area contributed by atoms with E-state index in [4.69, 9.17) is 0 Å². The lowest BCUT2D eigenvalue weighted by Crippen LogP contribution is -2.19. The molecule has 2 rings (SSSR count). The monoisotopic (exact) mass is 227 g/mol. The van der Waals surface area contributed by atoms with Gasteiger partial charge in [-0.2, -0.15) is 0 Å². The van der Waals surface area contributed by atoms with Gasteiger partial charge in [0.2, 0.25) is 0 Å². The Morgan fingerprint density at radius 2 is 2.08 bits per heavy atom. The third-order valence-corrected chi connectivity index (χ3v) is 2.61. The van der Waals surface area contributed by atoms with Crippen LogP contribution in [0.2, 0.25) is 0 Å². The van der Waals surface area contributed by atoms with Gasteiger partial charge in [0.25, 0.3) is 0 Å². The lowest BCUT2D eigenvalue weighted by molar-refractivity contribution is 0.921. The Hall–Kier alpha value is -0.640. The molecule has 0 amide bonds. The Morgan fingerprint density at radius 1 is 1.33 bits per heavy atom. The molecule has 2 heterocycles. The molecule has 0 unspecified atom stereocenters. The smallest absolute Gasteiger partial charge is 0.146 e. The molecule has 0 spiro atoms. The van der Waals surface area contributed by atoms with E-state index >= 15 is 0 Å². The highest BCUT2D eigenvalue weighted by atomic mass is 79.9. The zero-order valence-corrected chi connectivity index (χ0v) is 8.29. The second-order valence-corrected chi connectivity index (χ2v) is 3.74. The highest BCUT2D eigenvalue weighted by Crippen LogP contribution is 2.24. The Balaban J connectivity index is 2.26. The fraction of sp³-hybridized carbons (Fsp3) is 0.500. The quantitative estimate of drug-likeness (QED) is 0.734. The third kappa shape index (κ3) is 1.43. The lowest BCUT2D eigenvalue weighted by Gasteiger charge is -2.16. The number of hydrogen-bond acceptors (Lipinski definition) is 3. The van der Waals surface area contributed by atoms with Crippen LogP contribution in [-0.4, -0.2) is 23.1 Å². The van der Waals surface area contributed by atoms with Crippen molar-refractivity contribution in [2.75, 3.05) is 18.0 Å². The molecule has 0 aliphatic carbocycles. The first-order chi connectivity index (χ1) is 5.88. The average molecular weight is 228 g/mol. The molecule has 0 bridgehead atoms. The van der Waals surface area contributed by atoms with E-state index in [0.717, 1.165) is 23.4 Å². The number of rotatable bonds is 1. The summed E-state index contributed by atoms with van der Waals surface area (Å²) in [5.74, 6) is 1.03. The Bertz CT molecular complexity index is 271. The molecular weight excluding hydrogens is 218 g/mol. The highest BCUT2D eigenvalue weighted by Gasteiger charge is 2.15. The standard InChI is InChI=1S/C8H10BrN3/c9-7-5-10-6-11-8(7)12-3-1-2-4-12/h5-6H,1-4H2. The Kier molecular flexibility index (Phi) is 2.26. The molecule has 1 aliphatic rings. The van der Waals surface area contributed by atoms with Crippen LogP contribution in [0.1, 0.15) is 12.8 Å². The van der Waals surface area contributed by atoms with Gasteiger partial charge in [-0.3, -0.25) is 0 Å². The second-order valence-electron chi connectivity index (χ2n) is 2.89. The van der Waals surface area contributed by atoms with Gasteiger partial charge in [-0.15, -0.1) is 0 Å². The molecule has 0 atom stereocenters. The molecular formula is C8H10BrN3. The normalized spacial score (nSPS) is 16.9. The molecule has 4 heteroatoms. The van der Waals surface area contributed by atoms with Crippen molar-refractivity contribution in [3.63, 3.8) is 0 Å². The van der Waals surface area contributed by atoms with Crippen molar-refractivity contribution in [3.05, 3.63) is 17.0 Å². The van der Waals surface area contributed by atoms with Gasteiger partial charge in [0, 0.05) is 19.3 Å². The van der Waals surface area contributed by atoms with Gasteiger partial charge in [-0.25, -0.2) is 9.97 Å². The van der Waals surface area contributed by atoms with Gasteiger partial charge in [0.1, 0.15) is 12.1 Å². The lowest BCUT2D eigenvalue weighted by atomic mass is 10.4. The first kappa shape index (κ1) is 7.98. The molecule has 1 saturated heterocycles. The predicted octanol–water partition coefficient (Wildman–Crippen LogP) is 1.84. The van der Waals surface area contributed by atoms with Crippen LogP contribution in [0.15, 0.2) is 17.0 Å². The number of halogens is 1. The molecule has 1 fully saturated rings. The van der Waals surface area contributed by atoms with Crippen molar-refractivity contribution in [2.24, 2.45) is 0 Å². The Morgan fingerprint density at radius 3 is 2.75 bits per heavy atom. The minimum atomic E-state index is 0.993. The number of nitrogens with zero attached hydrogens (tertiary/aromatic N) is 3. The largest absolute Gasteiger partial charge is 0.356 e. The van der Waals surface area contributed by atoms with Crippen LogP contribution in [0.5, 0.6) is 0 Å². The second kappa shape index (κ2) is 3.39. The molecule has 3 nitrogen and oxygen atoms in total. The maximum absolute atomic E-state index is 4.23. The maximum atomic E-state index is 4.23. The minimum Gasteiger partial charge on any atom is -0.356 e. The van der Waals surface area contributed by atoms with E-state index in [1.54, 1.807) is 12.5 Å². The van der Waals surface area contributed by atoms with Crippen molar-refractivity contribution >= 4 is 21.7 Å². The zero-order valence-electron chi connectivity index (χ0n) is 6.70. The van der Waals surface area contributed by atoms with Crippen molar-refractivity contribution in [3.8, 4) is 0 Å². The van der Waals surface area contributed by atoms with Gasteiger partial charge in [0.15, 0.2) is 0 Å². The van der Waals surface area contributed by atoms with Gasteiger partial charge in [-0.1, -0.05) is 0 Å². The fourth-order valence-electron chi connectivity index (χ4n) is 1.47. The number of anilines is 1. The van der Waals surface area contributed by atoms with E-state index < -0.39 is 0 Å². The summed E-state index contributed by atoms with van der Waals surface area (Å²) >= 11 is 3.44. The molecule has 1 aliphatic heterocycles. The summed E-state index contributed by atoms with van der Waals surface area (Å²) in [4.78, 5) is 10.4. The number of hydrogen-bond donors (Lipinski definition) is 0. The van der Waals surface area contributed by atoms with Crippen LogP contribution in [0.25, 0.3) is 0 Å². The molecule has 1 aromatic heterocycles. The van der Waals surface area contributed by atoms with Crippen LogP contribution >= 0.6 is 15.9 Å². The Labute approximate surface area is 80.0 Å². The number of aromatic nitrogens is 2. The van der Waals surface area contributed by atoms with Crippen LogP contribution in [0.3, 0.4) is 0 Å². The van der Waals surface area contributed by atoms with Crippen molar-refractivity contribution in [1.82, 2.24) is 9.97 Å². The van der Waals surface area contributed by atoms with Crippen molar-refractivity contribution in [2.45, 2.75) is 12.8 Å². The van der Waals surface area contributed by atoms with Crippen LogP contribution in [0, 0.1) is 0 Å². The van der Waals surface area contributed by atoms with E-state index in [0.29, 0.717) is 0 Å². The van der Waals surface area contributed by atoms with Crippen LogP contribution < -0.4 is 4.90 Å². The summed E-state index contributed by atoms with van der Waals surface area (Å²) < 4.78 is 0.993. The molecule has 0 N–H and O–H groups in total. The van der Waals surface area contributed by atoms with E-state index in [1.165, 1.54) is 12.8 Å². The van der Waals surface area contributed by atoms with Gasteiger partial charge < -0.3 is 4.90 Å². The molecule has 0 aromatic carbocycles. The van der Waals surface area contributed by atoms with Gasteiger partial charge in [-0.05, 0) is 28.8 Å². The first-order valence-corrected chi connectivity index (χ1v) is 4.87. The molecule has 0 saturated carbocycles. The minimum absolute atomic E-state index is 0.993. The zero-order chi connectivity index (χ0) is 8.39. The predicted molar refractivity (Wildman–Crippen MR) is 51.2 cm³/mol. The van der Waals surface area contributed by atoms with Crippen LogP contribution in [-0.2, 0) is 0 Å². The van der Waals surface area contributed by atoms with Gasteiger partial charge >= 0.3 is 0 Å². The molecule has 0 radical (unpaired) electrons. The van der Waals surface area contributed by atoms with E-state index in [1.807, 2.05) is 0 Å².